The highest BCUT2D eigenvalue weighted by molar-refractivity contribution is 5.30. The van der Waals surface area contributed by atoms with E-state index < -0.39 is 0 Å². The van der Waals surface area contributed by atoms with Crippen LogP contribution in [0.3, 0.4) is 0 Å². The minimum Gasteiger partial charge on any atom is -0.325 e. The van der Waals surface area contributed by atoms with Crippen LogP contribution in [-0.4, -0.2) is 9.78 Å². The molecule has 0 aliphatic heterocycles. The molecule has 1 aliphatic carbocycles. The number of aryl methyl sites for hydroxylation is 1. The Labute approximate surface area is 85.3 Å². The zero-order valence-corrected chi connectivity index (χ0v) is 9.08. The van der Waals surface area contributed by atoms with Crippen LogP contribution in [0.2, 0.25) is 0 Å². The van der Waals surface area contributed by atoms with Crippen LogP contribution in [0, 0.1) is 5.92 Å². The number of nitrogens with two attached hydrogens (primary N) is 1. The Morgan fingerprint density at radius 2 is 2.21 bits per heavy atom. The summed E-state index contributed by atoms with van der Waals surface area (Å²) in [6, 6.07) is 0. The molecule has 0 aromatic carbocycles. The normalized spacial score (nSPS) is 15.1. The molecular weight excluding hydrogens is 174 g/mol. The Hall–Kier alpha value is -0.830. The van der Waals surface area contributed by atoms with Crippen LogP contribution in [-0.2, 0) is 25.9 Å². The Kier molecular flexibility index (Phi) is 2.59. The van der Waals surface area contributed by atoms with Gasteiger partial charge < -0.3 is 5.73 Å². The van der Waals surface area contributed by atoms with Gasteiger partial charge in [0.1, 0.15) is 0 Å². The molecule has 0 radical (unpaired) electrons. The number of hydrogen-bond donors (Lipinski definition) is 1. The number of aromatic nitrogens is 2. The van der Waals surface area contributed by atoms with Crippen molar-refractivity contribution >= 4 is 0 Å². The molecule has 2 rings (SSSR count). The van der Waals surface area contributed by atoms with Crippen LogP contribution in [0.5, 0.6) is 0 Å². The molecule has 0 saturated carbocycles. The molecule has 14 heavy (non-hydrogen) atoms. The van der Waals surface area contributed by atoms with Crippen LogP contribution in [0.15, 0.2) is 0 Å². The van der Waals surface area contributed by atoms with Gasteiger partial charge >= 0.3 is 0 Å². The highest BCUT2D eigenvalue weighted by Gasteiger charge is 2.21. The van der Waals surface area contributed by atoms with Crippen molar-refractivity contribution in [2.45, 2.75) is 46.2 Å². The second-order valence-electron chi connectivity index (χ2n) is 4.51. The Balaban J connectivity index is 2.31. The summed E-state index contributed by atoms with van der Waals surface area (Å²) >= 11 is 0. The molecule has 78 valence electrons. The molecule has 0 bridgehead atoms. The first-order valence-electron chi connectivity index (χ1n) is 5.50. The summed E-state index contributed by atoms with van der Waals surface area (Å²) in [7, 11) is 0. The van der Waals surface area contributed by atoms with Crippen LogP contribution in [0.25, 0.3) is 0 Å². The van der Waals surface area contributed by atoms with Crippen LogP contribution < -0.4 is 5.73 Å². The van der Waals surface area contributed by atoms with Crippen molar-refractivity contribution in [2.24, 2.45) is 11.7 Å². The first-order valence-corrected chi connectivity index (χ1v) is 5.50. The van der Waals surface area contributed by atoms with E-state index >= 15 is 0 Å². The van der Waals surface area contributed by atoms with E-state index in [1.807, 2.05) is 0 Å². The van der Waals surface area contributed by atoms with E-state index in [9.17, 15) is 0 Å². The zero-order valence-electron chi connectivity index (χ0n) is 9.08. The van der Waals surface area contributed by atoms with E-state index in [0.717, 1.165) is 13.0 Å². The highest BCUT2D eigenvalue weighted by atomic mass is 15.3. The van der Waals surface area contributed by atoms with Gasteiger partial charge in [-0.3, -0.25) is 4.68 Å². The quantitative estimate of drug-likeness (QED) is 0.790. The van der Waals surface area contributed by atoms with Crippen molar-refractivity contribution < 1.29 is 0 Å². The Bertz CT molecular complexity index is 326. The van der Waals surface area contributed by atoms with Crippen molar-refractivity contribution in [1.82, 2.24) is 9.78 Å². The molecular formula is C11H19N3. The maximum Gasteiger partial charge on any atom is 0.0660 e. The lowest BCUT2D eigenvalue weighted by molar-refractivity contribution is 0.464. The molecule has 1 aliphatic rings. The fourth-order valence-electron chi connectivity index (χ4n) is 2.24. The van der Waals surface area contributed by atoms with Gasteiger partial charge in [-0.1, -0.05) is 13.8 Å². The molecule has 0 unspecified atom stereocenters. The fourth-order valence-corrected chi connectivity index (χ4v) is 2.24. The summed E-state index contributed by atoms with van der Waals surface area (Å²) < 4.78 is 2.12. The van der Waals surface area contributed by atoms with Gasteiger partial charge in [0.25, 0.3) is 0 Å². The van der Waals surface area contributed by atoms with Crippen LogP contribution in [0.4, 0.5) is 0 Å². The van der Waals surface area contributed by atoms with E-state index in [1.54, 1.807) is 0 Å². The summed E-state index contributed by atoms with van der Waals surface area (Å²) in [6.45, 7) is 6.06. The van der Waals surface area contributed by atoms with Crippen molar-refractivity contribution in [1.29, 1.82) is 0 Å². The lowest BCUT2D eigenvalue weighted by Crippen LogP contribution is -2.13. The topological polar surface area (TPSA) is 43.8 Å². The molecule has 1 aromatic rings. The summed E-state index contributed by atoms with van der Waals surface area (Å²) in [5.74, 6) is 0.639. The van der Waals surface area contributed by atoms with Gasteiger partial charge in [0.05, 0.1) is 11.4 Å². The first kappa shape index (κ1) is 9.71. The van der Waals surface area contributed by atoms with Crippen molar-refractivity contribution in [3.05, 3.63) is 17.0 Å². The fraction of sp³-hybridized carbons (Fsp3) is 0.727. The SMILES string of the molecule is CC(C)Cn1nc2c(c1CN)CCC2. The van der Waals surface area contributed by atoms with Crippen LogP contribution in [0.1, 0.15) is 37.2 Å². The predicted octanol–water partition coefficient (Wildman–Crippen LogP) is 1.49. The molecule has 0 amide bonds. The summed E-state index contributed by atoms with van der Waals surface area (Å²) in [4.78, 5) is 0. The number of rotatable bonds is 3. The monoisotopic (exact) mass is 193 g/mol. The van der Waals surface area contributed by atoms with E-state index in [-0.39, 0.29) is 0 Å². The van der Waals surface area contributed by atoms with E-state index in [0.29, 0.717) is 12.5 Å². The van der Waals surface area contributed by atoms with Gasteiger partial charge in [0.15, 0.2) is 0 Å². The number of nitrogens with zero attached hydrogens (tertiary/aromatic N) is 2. The van der Waals surface area contributed by atoms with Crippen LogP contribution >= 0.6 is 0 Å². The van der Waals surface area contributed by atoms with Gasteiger partial charge in [-0.25, -0.2) is 0 Å². The molecule has 1 aromatic heterocycles. The zero-order chi connectivity index (χ0) is 10.1. The largest absolute Gasteiger partial charge is 0.325 e. The molecule has 1 heterocycles. The second kappa shape index (κ2) is 3.73. The maximum atomic E-state index is 5.78. The third-order valence-corrected chi connectivity index (χ3v) is 2.82. The van der Waals surface area contributed by atoms with Gasteiger partial charge in [-0.15, -0.1) is 0 Å². The summed E-state index contributed by atoms with van der Waals surface area (Å²) in [6.07, 6.45) is 3.58. The summed E-state index contributed by atoms with van der Waals surface area (Å²) in [5.41, 5.74) is 9.79. The highest BCUT2D eigenvalue weighted by Crippen LogP contribution is 2.24. The van der Waals surface area contributed by atoms with Gasteiger partial charge in [-0.05, 0) is 30.7 Å². The van der Waals surface area contributed by atoms with E-state index in [2.05, 4.69) is 23.6 Å². The molecule has 3 nitrogen and oxygen atoms in total. The van der Waals surface area contributed by atoms with Gasteiger partial charge in [0.2, 0.25) is 0 Å². The summed E-state index contributed by atoms with van der Waals surface area (Å²) in [5, 5.41) is 4.64. The minimum absolute atomic E-state index is 0.634. The van der Waals surface area contributed by atoms with Crippen molar-refractivity contribution in [2.75, 3.05) is 0 Å². The number of fused-ring (bicyclic) bond motifs is 1. The lowest BCUT2D eigenvalue weighted by Gasteiger charge is -2.09. The standard InChI is InChI=1S/C11H19N3/c1-8(2)7-14-11(6-12)9-4-3-5-10(9)13-14/h8H,3-7,12H2,1-2H3. The van der Waals surface area contributed by atoms with Crippen molar-refractivity contribution in [3.63, 3.8) is 0 Å². The third-order valence-electron chi connectivity index (χ3n) is 2.82. The second-order valence-corrected chi connectivity index (χ2v) is 4.51. The van der Waals surface area contributed by atoms with E-state index in [1.165, 1.54) is 29.8 Å². The molecule has 0 spiro atoms. The molecule has 0 saturated heterocycles. The third kappa shape index (κ3) is 1.57. The average molecular weight is 193 g/mol. The number of hydrogen-bond acceptors (Lipinski definition) is 2. The Morgan fingerprint density at radius 1 is 1.43 bits per heavy atom. The molecule has 2 N–H and O–H groups in total. The predicted molar refractivity (Wildman–Crippen MR) is 57.0 cm³/mol. The lowest BCUT2D eigenvalue weighted by atomic mass is 10.2. The minimum atomic E-state index is 0.634. The molecule has 0 atom stereocenters. The van der Waals surface area contributed by atoms with Gasteiger partial charge in [-0.2, -0.15) is 5.10 Å². The average Bonchev–Trinajstić information content (AvgIpc) is 2.62. The van der Waals surface area contributed by atoms with Crippen molar-refractivity contribution in [3.8, 4) is 0 Å². The maximum absolute atomic E-state index is 5.78. The molecule has 0 fully saturated rings. The van der Waals surface area contributed by atoms with E-state index in [4.69, 9.17) is 5.73 Å². The smallest absolute Gasteiger partial charge is 0.0660 e. The molecule has 3 heteroatoms. The van der Waals surface area contributed by atoms with Gasteiger partial charge in [0, 0.05) is 13.1 Å². The Morgan fingerprint density at radius 3 is 2.86 bits per heavy atom. The first-order chi connectivity index (χ1) is 6.72.